The van der Waals surface area contributed by atoms with Crippen LogP contribution in [0, 0.1) is 0 Å². The molecule has 0 aliphatic heterocycles. The summed E-state index contributed by atoms with van der Waals surface area (Å²) in [5, 5.41) is 4.19. The van der Waals surface area contributed by atoms with Gasteiger partial charge in [-0.05, 0) is 36.8 Å². The zero-order valence-corrected chi connectivity index (χ0v) is 18.8. The van der Waals surface area contributed by atoms with Crippen LogP contribution < -0.4 is 9.47 Å². The Hall–Kier alpha value is -4.27. The van der Waals surface area contributed by atoms with Crippen LogP contribution in [0.1, 0.15) is 18.2 Å². The first kappa shape index (κ1) is 21.9. The Kier molecular flexibility index (Phi) is 6.30. The predicted molar refractivity (Wildman–Crippen MR) is 123 cm³/mol. The van der Waals surface area contributed by atoms with Gasteiger partial charge in [-0.25, -0.2) is 14.8 Å². The molecule has 0 aliphatic rings. The summed E-state index contributed by atoms with van der Waals surface area (Å²) in [5.41, 5.74) is 4.31. The largest absolute Gasteiger partial charge is 0.497 e. The Bertz CT molecular complexity index is 1320. The predicted octanol–water partition coefficient (Wildman–Crippen LogP) is 3.44. The molecule has 9 nitrogen and oxygen atoms in total. The van der Waals surface area contributed by atoms with Gasteiger partial charge >= 0.3 is 5.97 Å². The van der Waals surface area contributed by atoms with Gasteiger partial charge in [0.25, 0.3) is 0 Å². The van der Waals surface area contributed by atoms with E-state index in [1.54, 1.807) is 62.5 Å². The minimum absolute atomic E-state index is 0.259. The van der Waals surface area contributed by atoms with Gasteiger partial charge in [0, 0.05) is 36.5 Å². The number of pyridine rings is 1. The summed E-state index contributed by atoms with van der Waals surface area (Å²) >= 11 is 0. The van der Waals surface area contributed by atoms with Crippen molar-refractivity contribution in [1.82, 2.24) is 24.7 Å². The zero-order valence-electron chi connectivity index (χ0n) is 18.8. The van der Waals surface area contributed by atoms with E-state index in [2.05, 4.69) is 15.1 Å². The Morgan fingerprint density at radius 1 is 1.06 bits per heavy atom. The average molecular weight is 445 g/mol. The summed E-state index contributed by atoms with van der Waals surface area (Å²) in [7, 11) is 4.97. The average Bonchev–Trinajstić information content (AvgIpc) is 3.27. The lowest BCUT2D eigenvalue weighted by atomic mass is 10.0. The number of benzene rings is 1. The van der Waals surface area contributed by atoms with E-state index in [1.807, 2.05) is 19.3 Å². The van der Waals surface area contributed by atoms with Crippen LogP contribution >= 0.6 is 0 Å². The van der Waals surface area contributed by atoms with Crippen LogP contribution in [0.25, 0.3) is 28.0 Å². The van der Waals surface area contributed by atoms with E-state index in [-0.39, 0.29) is 6.61 Å². The van der Waals surface area contributed by atoms with Crippen molar-refractivity contribution in [3.63, 3.8) is 0 Å². The normalized spacial score (nSPS) is 11.5. The number of aromatic nitrogens is 5. The third-order valence-electron chi connectivity index (χ3n) is 4.89. The Balaban J connectivity index is 1.86. The number of rotatable bonds is 7. The number of esters is 1. The van der Waals surface area contributed by atoms with Gasteiger partial charge in [0.15, 0.2) is 5.65 Å². The first-order chi connectivity index (χ1) is 16.0. The number of ether oxygens (including phenoxy) is 3. The lowest BCUT2D eigenvalue weighted by molar-refractivity contribution is -0.137. The number of fused-ring (bicyclic) bond motifs is 1. The fourth-order valence-corrected chi connectivity index (χ4v) is 3.31. The van der Waals surface area contributed by atoms with Gasteiger partial charge in [-0.1, -0.05) is 0 Å². The molecule has 4 aromatic rings. The van der Waals surface area contributed by atoms with Crippen molar-refractivity contribution in [2.24, 2.45) is 7.05 Å². The van der Waals surface area contributed by atoms with E-state index in [0.29, 0.717) is 45.2 Å². The van der Waals surface area contributed by atoms with Crippen molar-refractivity contribution in [2.45, 2.75) is 6.92 Å². The van der Waals surface area contributed by atoms with Crippen LogP contribution in [0.15, 0.2) is 55.0 Å². The van der Waals surface area contributed by atoms with Crippen LogP contribution in [0.2, 0.25) is 0 Å². The molecule has 0 unspecified atom stereocenters. The van der Waals surface area contributed by atoms with Crippen LogP contribution in [0.3, 0.4) is 0 Å². The number of methoxy groups -OCH3 is 2. The van der Waals surface area contributed by atoms with E-state index in [4.69, 9.17) is 19.2 Å². The molecular formula is C24H23N5O4. The molecule has 0 amide bonds. The van der Waals surface area contributed by atoms with Crippen molar-refractivity contribution >= 4 is 22.7 Å². The van der Waals surface area contributed by atoms with Crippen LogP contribution in [-0.4, -0.2) is 51.5 Å². The van der Waals surface area contributed by atoms with Gasteiger partial charge in [-0.2, -0.15) is 5.10 Å². The number of aryl methyl sites for hydroxylation is 1. The van der Waals surface area contributed by atoms with E-state index in [1.165, 1.54) is 6.08 Å². The first-order valence-corrected chi connectivity index (χ1v) is 10.3. The van der Waals surface area contributed by atoms with Crippen LogP contribution in [-0.2, 0) is 16.6 Å². The molecule has 0 N–H and O–H groups in total. The maximum atomic E-state index is 12.4. The SMILES string of the molecule is CCOC(=O)C=C(c1cc(OC)cc(OC)c1)c1ccc2ncc(-c3cnn(C)c3)nc2n1. The van der Waals surface area contributed by atoms with Gasteiger partial charge in [0.2, 0.25) is 0 Å². The summed E-state index contributed by atoms with van der Waals surface area (Å²) in [6, 6.07) is 8.96. The number of nitrogens with zero attached hydrogens (tertiary/aromatic N) is 5. The smallest absolute Gasteiger partial charge is 0.331 e. The summed E-state index contributed by atoms with van der Waals surface area (Å²) in [6.45, 7) is 2.01. The fraction of sp³-hybridized carbons (Fsp3) is 0.208. The molecule has 1 aromatic carbocycles. The molecule has 0 fully saturated rings. The van der Waals surface area contributed by atoms with Crippen molar-refractivity contribution in [3.8, 4) is 22.8 Å². The highest BCUT2D eigenvalue weighted by Crippen LogP contribution is 2.31. The minimum Gasteiger partial charge on any atom is -0.497 e. The maximum absolute atomic E-state index is 12.4. The Morgan fingerprint density at radius 2 is 1.82 bits per heavy atom. The lowest BCUT2D eigenvalue weighted by Gasteiger charge is -2.12. The quantitative estimate of drug-likeness (QED) is 0.315. The first-order valence-electron chi connectivity index (χ1n) is 10.3. The second-order valence-corrected chi connectivity index (χ2v) is 7.11. The summed E-state index contributed by atoms with van der Waals surface area (Å²) in [4.78, 5) is 26.2. The van der Waals surface area contributed by atoms with Crippen LogP contribution in [0.5, 0.6) is 11.5 Å². The van der Waals surface area contributed by atoms with E-state index in [9.17, 15) is 4.79 Å². The molecule has 33 heavy (non-hydrogen) atoms. The summed E-state index contributed by atoms with van der Waals surface area (Å²) in [5.74, 6) is 0.684. The molecule has 0 saturated heterocycles. The number of carbonyl (C=O) groups is 1. The van der Waals surface area contributed by atoms with Crippen molar-refractivity contribution in [3.05, 3.63) is 66.3 Å². The monoisotopic (exact) mass is 445 g/mol. The van der Waals surface area contributed by atoms with E-state index >= 15 is 0 Å². The minimum atomic E-state index is -0.480. The second kappa shape index (κ2) is 9.47. The maximum Gasteiger partial charge on any atom is 0.331 e. The molecular weight excluding hydrogens is 422 g/mol. The molecule has 0 atom stereocenters. The molecule has 0 saturated carbocycles. The van der Waals surface area contributed by atoms with E-state index < -0.39 is 5.97 Å². The van der Waals surface area contributed by atoms with Gasteiger partial charge in [-0.3, -0.25) is 9.67 Å². The standard InChI is InChI=1S/C24H23N5O4/c1-5-33-23(30)11-19(15-8-17(31-3)10-18(9-15)32-4)20-6-7-21-24(27-20)28-22(13-25-21)16-12-26-29(2)14-16/h6-14H,5H2,1-4H3. The molecule has 3 heterocycles. The van der Waals surface area contributed by atoms with Gasteiger partial charge in [-0.15, -0.1) is 0 Å². The van der Waals surface area contributed by atoms with E-state index in [0.717, 1.165) is 5.56 Å². The highest BCUT2D eigenvalue weighted by atomic mass is 16.5. The zero-order chi connectivity index (χ0) is 23.4. The molecule has 0 bridgehead atoms. The molecule has 0 spiro atoms. The van der Waals surface area contributed by atoms with Gasteiger partial charge in [0.05, 0.1) is 44.6 Å². The number of hydrogen-bond donors (Lipinski definition) is 0. The van der Waals surface area contributed by atoms with Gasteiger partial charge < -0.3 is 14.2 Å². The molecule has 4 rings (SSSR count). The number of carbonyl (C=O) groups excluding carboxylic acids is 1. The fourth-order valence-electron chi connectivity index (χ4n) is 3.31. The Morgan fingerprint density at radius 3 is 2.45 bits per heavy atom. The highest BCUT2D eigenvalue weighted by molar-refractivity contribution is 5.96. The third kappa shape index (κ3) is 4.82. The molecule has 3 aromatic heterocycles. The summed E-state index contributed by atoms with van der Waals surface area (Å²) in [6.07, 6.45) is 6.66. The van der Waals surface area contributed by atoms with Crippen molar-refractivity contribution in [1.29, 1.82) is 0 Å². The second-order valence-electron chi connectivity index (χ2n) is 7.11. The summed E-state index contributed by atoms with van der Waals surface area (Å²) < 4.78 is 17.6. The Labute approximate surface area is 190 Å². The lowest BCUT2D eigenvalue weighted by Crippen LogP contribution is -2.04. The topological polar surface area (TPSA) is 101 Å². The molecule has 9 heteroatoms. The van der Waals surface area contributed by atoms with Crippen molar-refractivity contribution < 1.29 is 19.0 Å². The highest BCUT2D eigenvalue weighted by Gasteiger charge is 2.15. The molecule has 0 radical (unpaired) electrons. The van der Waals surface area contributed by atoms with Gasteiger partial charge in [0.1, 0.15) is 17.0 Å². The van der Waals surface area contributed by atoms with Crippen molar-refractivity contribution in [2.75, 3.05) is 20.8 Å². The molecule has 0 aliphatic carbocycles. The number of hydrogen-bond acceptors (Lipinski definition) is 8. The van der Waals surface area contributed by atoms with Crippen LogP contribution in [0.4, 0.5) is 0 Å². The molecule has 168 valence electrons. The third-order valence-corrected chi connectivity index (χ3v) is 4.89.